The fraction of sp³-hybridized carbons (Fsp3) is 0.385. The van der Waals surface area contributed by atoms with Crippen LogP contribution in [0.1, 0.15) is 19.4 Å². The molecular weight excluding hydrogens is 280 g/mol. The van der Waals surface area contributed by atoms with Gasteiger partial charge >= 0.3 is 0 Å². The van der Waals surface area contributed by atoms with Gasteiger partial charge < -0.3 is 0 Å². The fourth-order valence-corrected chi connectivity index (χ4v) is 3.41. The molecule has 1 aromatic carbocycles. The lowest BCUT2D eigenvalue weighted by molar-refractivity contribution is 0.564. The van der Waals surface area contributed by atoms with Crippen molar-refractivity contribution >= 4 is 47.1 Å². The minimum Gasteiger partial charge on any atom is -0.211 e. The van der Waals surface area contributed by atoms with E-state index in [2.05, 4.69) is 9.98 Å². The number of hydrogen-bond donors (Lipinski definition) is 0. The first-order chi connectivity index (χ1) is 9.19. The summed E-state index contributed by atoms with van der Waals surface area (Å²) in [6, 6.07) is 1.92. The summed E-state index contributed by atoms with van der Waals surface area (Å²) in [5.41, 5.74) is 1.79. The van der Waals surface area contributed by atoms with Crippen LogP contribution in [0.25, 0.3) is 0 Å². The average Bonchev–Trinajstić information content (AvgIpc) is 2.39. The summed E-state index contributed by atoms with van der Waals surface area (Å²) in [5.74, 6) is 1.74. The predicted octanol–water partition coefficient (Wildman–Crippen LogP) is 4.15. The number of isocyanates is 2. The maximum atomic E-state index is 10.5. The molecule has 0 aromatic heterocycles. The van der Waals surface area contributed by atoms with Crippen LogP contribution in [0.5, 0.6) is 0 Å². The number of rotatable bonds is 6. The zero-order valence-electron chi connectivity index (χ0n) is 11.0. The Bertz CT molecular complexity index is 514. The molecule has 1 rings (SSSR count). The van der Waals surface area contributed by atoms with Gasteiger partial charge in [0.2, 0.25) is 12.2 Å². The minimum absolute atomic E-state index is 0.538. The van der Waals surface area contributed by atoms with E-state index < -0.39 is 0 Å². The van der Waals surface area contributed by atoms with E-state index in [1.54, 1.807) is 42.6 Å². The molecule has 0 fully saturated rings. The van der Waals surface area contributed by atoms with Gasteiger partial charge in [-0.2, -0.15) is 9.98 Å². The van der Waals surface area contributed by atoms with Crippen LogP contribution in [-0.4, -0.2) is 23.7 Å². The zero-order chi connectivity index (χ0) is 14.3. The number of hydrogen-bond acceptors (Lipinski definition) is 6. The number of aliphatic imine (C=N–C) groups is 2. The number of nitrogens with zero attached hydrogens (tertiary/aromatic N) is 2. The van der Waals surface area contributed by atoms with Gasteiger partial charge in [0, 0.05) is 15.4 Å². The van der Waals surface area contributed by atoms with Gasteiger partial charge in [-0.05, 0) is 24.5 Å². The highest BCUT2D eigenvalue weighted by Gasteiger charge is 2.15. The quantitative estimate of drug-likeness (QED) is 0.449. The maximum absolute atomic E-state index is 10.5. The van der Waals surface area contributed by atoms with Gasteiger partial charge in [0.25, 0.3) is 0 Å². The molecule has 0 radical (unpaired) electrons. The van der Waals surface area contributed by atoms with Crippen molar-refractivity contribution < 1.29 is 9.59 Å². The van der Waals surface area contributed by atoms with Crippen LogP contribution in [0.15, 0.2) is 25.8 Å². The molecule has 0 unspecified atom stereocenters. The number of thioether (sulfide) groups is 2. The molecule has 0 N–H and O–H groups in total. The summed E-state index contributed by atoms with van der Waals surface area (Å²) >= 11 is 3.19. The van der Waals surface area contributed by atoms with Gasteiger partial charge in [-0.3, -0.25) is 0 Å². The van der Waals surface area contributed by atoms with E-state index in [1.165, 1.54) is 0 Å². The molecule has 6 heteroatoms. The molecule has 4 nitrogen and oxygen atoms in total. The smallest absolute Gasteiger partial charge is 0.211 e. The molecule has 0 aliphatic heterocycles. The molecule has 0 amide bonds. The van der Waals surface area contributed by atoms with Crippen LogP contribution in [0.2, 0.25) is 0 Å². The molecule has 0 spiro atoms. The first-order valence-electron chi connectivity index (χ1n) is 5.78. The standard InChI is InChI=1S/C13H14N2O2S2/c1-4-18-10-6-11(19-5-2)13(15-8-17)9(3)12(10)14-7-16/h6H,4-5H2,1-3H3. The van der Waals surface area contributed by atoms with Crippen LogP contribution >= 0.6 is 23.5 Å². The average molecular weight is 294 g/mol. The summed E-state index contributed by atoms with van der Waals surface area (Å²) in [4.78, 5) is 30.4. The first kappa shape index (κ1) is 15.7. The molecule has 0 aliphatic carbocycles. The summed E-state index contributed by atoms with van der Waals surface area (Å²) in [5, 5.41) is 0. The van der Waals surface area contributed by atoms with Crippen molar-refractivity contribution in [1.82, 2.24) is 0 Å². The summed E-state index contributed by atoms with van der Waals surface area (Å²) < 4.78 is 0. The zero-order valence-corrected chi connectivity index (χ0v) is 12.7. The topological polar surface area (TPSA) is 58.9 Å². The largest absolute Gasteiger partial charge is 0.240 e. The second-order valence-corrected chi connectivity index (χ2v) is 6.08. The van der Waals surface area contributed by atoms with Crippen LogP contribution < -0.4 is 0 Å². The Morgan fingerprint density at radius 1 is 1.00 bits per heavy atom. The second kappa shape index (κ2) is 7.97. The Balaban J connectivity index is 3.57. The third-order valence-corrected chi connectivity index (χ3v) is 4.18. The highest BCUT2D eigenvalue weighted by Crippen LogP contribution is 2.43. The SMILES string of the molecule is CCSc1cc(SCC)c(N=C=O)c(C)c1N=C=O. The lowest BCUT2D eigenvalue weighted by atomic mass is 10.1. The molecule has 19 heavy (non-hydrogen) atoms. The van der Waals surface area contributed by atoms with Crippen molar-refractivity contribution in [2.75, 3.05) is 11.5 Å². The van der Waals surface area contributed by atoms with Crippen molar-refractivity contribution in [3.8, 4) is 0 Å². The van der Waals surface area contributed by atoms with Gasteiger partial charge in [0.05, 0.1) is 11.4 Å². The van der Waals surface area contributed by atoms with Crippen molar-refractivity contribution in [2.45, 2.75) is 30.6 Å². The molecule has 0 heterocycles. The van der Waals surface area contributed by atoms with Crippen LogP contribution in [-0.2, 0) is 9.59 Å². The Kier molecular flexibility index (Phi) is 6.60. The molecule has 1 aromatic rings. The normalized spacial score (nSPS) is 9.63. The van der Waals surface area contributed by atoms with Crippen LogP contribution in [0.3, 0.4) is 0 Å². The molecule has 0 saturated heterocycles. The van der Waals surface area contributed by atoms with Crippen molar-refractivity contribution in [2.24, 2.45) is 9.98 Å². The highest BCUT2D eigenvalue weighted by molar-refractivity contribution is 8.00. The number of carbonyl (C=O) groups excluding carboxylic acids is 2. The van der Waals surface area contributed by atoms with E-state index in [0.717, 1.165) is 21.3 Å². The van der Waals surface area contributed by atoms with Gasteiger partial charge in [0.15, 0.2) is 0 Å². The predicted molar refractivity (Wildman–Crippen MR) is 79.5 cm³/mol. The van der Waals surface area contributed by atoms with Gasteiger partial charge in [-0.25, -0.2) is 9.59 Å². The van der Waals surface area contributed by atoms with Gasteiger partial charge in [-0.1, -0.05) is 13.8 Å². The molecule has 0 bridgehead atoms. The van der Waals surface area contributed by atoms with E-state index in [-0.39, 0.29) is 0 Å². The van der Waals surface area contributed by atoms with E-state index in [4.69, 9.17) is 0 Å². The third-order valence-electron chi connectivity index (χ3n) is 2.35. The van der Waals surface area contributed by atoms with Crippen molar-refractivity contribution in [1.29, 1.82) is 0 Å². The Morgan fingerprint density at radius 2 is 1.42 bits per heavy atom. The van der Waals surface area contributed by atoms with Crippen molar-refractivity contribution in [3.63, 3.8) is 0 Å². The molecule has 100 valence electrons. The lowest BCUT2D eigenvalue weighted by Gasteiger charge is -2.12. The van der Waals surface area contributed by atoms with Crippen LogP contribution in [0, 0.1) is 6.92 Å². The Hall–Kier alpha value is -1.32. The number of benzene rings is 1. The summed E-state index contributed by atoms with van der Waals surface area (Å²) in [6.07, 6.45) is 3.12. The van der Waals surface area contributed by atoms with E-state index in [9.17, 15) is 9.59 Å². The van der Waals surface area contributed by atoms with E-state index in [1.807, 2.05) is 19.9 Å². The Labute approximate surface area is 120 Å². The Morgan fingerprint density at radius 3 is 1.74 bits per heavy atom. The molecular formula is C13H14N2O2S2. The maximum Gasteiger partial charge on any atom is 0.240 e. The van der Waals surface area contributed by atoms with Gasteiger partial charge in [0.1, 0.15) is 0 Å². The molecule has 0 saturated carbocycles. The highest BCUT2D eigenvalue weighted by atomic mass is 32.2. The van der Waals surface area contributed by atoms with Crippen molar-refractivity contribution in [3.05, 3.63) is 11.6 Å². The molecule has 0 aliphatic rings. The molecule has 0 atom stereocenters. The second-order valence-electron chi connectivity index (χ2n) is 3.47. The van der Waals surface area contributed by atoms with E-state index in [0.29, 0.717) is 16.9 Å². The fourth-order valence-electron chi connectivity index (χ4n) is 1.64. The van der Waals surface area contributed by atoms with E-state index >= 15 is 0 Å². The first-order valence-corrected chi connectivity index (χ1v) is 7.75. The van der Waals surface area contributed by atoms with Crippen LogP contribution in [0.4, 0.5) is 11.4 Å². The summed E-state index contributed by atoms with van der Waals surface area (Å²) in [7, 11) is 0. The van der Waals surface area contributed by atoms with Gasteiger partial charge in [-0.15, -0.1) is 23.5 Å². The lowest BCUT2D eigenvalue weighted by Crippen LogP contribution is -1.87. The monoisotopic (exact) mass is 294 g/mol. The minimum atomic E-state index is 0.538. The third kappa shape index (κ3) is 3.82. The summed E-state index contributed by atoms with van der Waals surface area (Å²) in [6.45, 7) is 5.85.